The number of cyclic esters (lactones) is 1. The maximum atomic E-state index is 15.0. The van der Waals surface area contributed by atoms with Gasteiger partial charge in [-0.3, -0.25) is 34.6 Å². The lowest BCUT2D eigenvalue weighted by Gasteiger charge is -2.40. The third kappa shape index (κ3) is 19.4. The largest absolute Gasteiger partial charge is 0.514 e. The summed E-state index contributed by atoms with van der Waals surface area (Å²) in [5, 5.41) is 46.4. The number of carbonyl (C=O) groups excluding carboxylic acids is 6. The second-order valence-electron chi connectivity index (χ2n) is 23.7. The average molecular weight is 1230 g/mol. The van der Waals surface area contributed by atoms with Crippen LogP contribution in [0.5, 0.6) is 11.5 Å². The average Bonchev–Trinajstić information content (AvgIpc) is 2.41. The van der Waals surface area contributed by atoms with E-state index in [4.69, 9.17) is 42.6 Å². The number of nitro benzene ring substituents is 2. The van der Waals surface area contributed by atoms with Crippen LogP contribution in [0.4, 0.5) is 21.0 Å². The predicted molar refractivity (Wildman–Crippen MR) is 318 cm³/mol. The summed E-state index contributed by atoms with van der Waals surface area (Å²) >= 11 is 0. The monoisotopic (exact) mass is 1230 g/mol. The summed E-state index contributed by atoms with van der Waals surface area (Å²) in [6.07, 6.45) is 4.48. The SMILES string of the molecule is CO[C@H]1C[C@@H]2CCC[C@@](O)(O2)C(=O)C(=O)N2CCCC[C@H]2C(=O)O[C@H]([C@H](C)C[C@@H]2CC[C@@H](OC(=O)Oc3ccc([N+](=O)[O-])cc3)[C@H](OC)C2)C[C@@H](OC(=O)Oc2ccc([N+](=O)[O-])cc2)[C@H](C)/C=C(\C)[C@@H](O)[C@@H](OC)C(=O)[C@H](C)C[C@H](C)/C=C/C=CC=C1C. The number of allylic oxidation sites excluding steroid dienone is 5. The number of esters is 1. The third-order valence-corrected chi connectivity index (χ3v) is 17.1. The molecule has 2 aromatic carbocycles. The first-order chi connectivity index (χ1) is 41.8. The van der Waals surface area contributed by atoms with E-state index in [0.717, 1.165) is 22.6 Å². The van der Waals surface area contributed by atoms with Crippen molar-refractivity contribution in [3.05, 3.63) is 116 Å². The first-order valence-corrected chi connectivity index (χ1v) is 30.1. The molecule has 24 heteroatoms. The Morgan fingerprint density at radius 2 is 1.36 bits per heavy atom. The molecule has 0 radical (unpaired) electrons. The first-order valence-electron chi connectivity index (χ1n) is 30.1. The Morgan fingerprint density at radius 3 is 1.95 bits per heavy atom. The molecule has 0 aromatic heterocycles. The van der Waals surface area contributed by atoms with Gasteiger partial charge in [0.15, 0.2) is 5.78 Å². The number of ketones is 2. The van der Waals surface area contributed by atoms with Crippen molar-refractivity contribution in [3.63, 3.8) is 0 Å². The Bertz CT molecular complexity index is 2870. The number of benzene rings is 2. The number of non-ortho nitro benzene ring substituents is 2. The van der Waals surface area contributed by atoms with Crippen LogP contribution in [-0.4, -0.2) is 149 Å². The Labute approximate surface area is 512 Å². The molecule has 0 spiro atoms. The third-order valence-electron chi connectivity index (χ3n) is 17.1. The van der Waals surface area contributed by atoms with Crippen molar-refractivity contribution >= 4 is 47.1 Å². The Kier molecular flexibility index (Phi) is 26.1. The van der Waals surface area contributed by atoms with E-state index in [1.54, 1.807) is 26.8 Å². The van der Waals surface area contributed by atoms with E-state index in [9.17, 15) is 59.2 Å². The number of ether oxygens (including phenoxy) is 9. The molecule has 0 unspecified atom stereocenters. The van der Waals surface area contributed by atoms with Crippen molar-refractivity contribution in [1.82, 2.24) is 4.90 Å². The number of rotatable bonds is 12. The van der Waals surface area contributed by atoms with E-state index in [1.165, 1.54) is 57.7 Å². The van der Waals surface area contributed by atoms with Gasteiger partial charge in [-0.05, 0) is 131 Å². The first kappa shape index (κ1) is 69.9. The minimum Gasteiger partial charge on any atom is -0.460 e. The number of nitrogens with zero attached hydrogens (tertiary/aromatic N) is 3. The fourth-order valence-electron chi connectivity index (χ4n) is 12.1. The molecular weight excluding hydrogens is 1150 g/mol. The second-order valence-corrected chi connectivity index (χ2v) is 23.7. The molecule has 2 bridgehead atoms. The molecule has 3 heterocycles. The number of amides is 1. The van der Waals surface area contributed by atoms with Gasteiger partial charge >= 0.3 is 18.3 Å². The smallest absolute Gasteiger partial charge is 0.460 e. The summed E-state index contributed by atoms with van der Waals surface area (Å²) in [5.74, 6) is -8.38. The lowest BCUT2D eigenvalue weighted by atomic mass is 9.78. The summed E-state index contributed by atoms with van der Waals surface area (Å²) in [6, 6.07) is 8.30. The number of hydrogen-bond acceptors (Lipinski definition) is 21. The van der Waals surface area contributed by atoms with Crippen LogP contribution >= 0.6 is 0 Å². The molecule has 15 atom stereocenters. The van der Waals surface area contributed by atoms with Crippen LogP contribution in [0, 0.1) is 49.8 Å². The van der Waals surface area contributed by atoms with Gasteiger partial charge in [-0.25, -0.2) is 14.4 Å². The minimum absolute atomic E-state index is 0.0267. The summed E-state index contributed by atoms with van der Waals surface area (Å²) in [6.45, 7) is 10.7. The maximum Gasteiger partial charge on any atom is 0.514 e. The quantitative estimate of drug-likeness (QED) is 0.0379. The van der Waals surface area contributed by atoms with Crippen LogP contribution < -0.4 is 9.47 Å². The zero-order chi connectivity index (χ0) is 64.4. The molecule has 1 aliphatic carbocycles. The van der Waals surface area contributed by atoms with E-state index in [0.29, 0.717) is 57.8 Å². The molecule has 1 saturated carbocycles. The van der Waals surface area contributed by atoms with E-state index in [1.807, 2.05) is 51.2 Å². The molecule has 6 rings (SSSR count). The van der Waals surface area contributed by atoms with Gasteiger partial charge in [-0.2, -0.15) is 0 Å². The van der Waals surface area contributed by atoms with Gasteiger partial charge < -0.3 is 57.7 Å². The van der Waals surface area contributed by atoms with E-state index >= 15 is 0 Å². The summed E-state index contributed by atoms with van der Waals surface area (Å²) in [5.41, 5.74) is 0.642. The zero-order valence-electron chi connectivity index (χ0n) is 51.6. The van der Waals surface area contributed by atoms with Gasteiger partial charge in [0.1, 0.15) is 48.1 Å². The van der Waals surface area contributed by atoms with Crippen molar-refractivity contribution in [1.29, 1.82) is 0 Å². The van der Waals surface area contributed by atoms with E-state index in [-0.39, 0.29) is 78.3 Å². The van der Waals surface area contributed by atoms with E-state index < -0.39 is 118 Å². The molecule has 1 amide bonds. The predicted octanol–water partition coefficient (Wildman–Crippen LogP) is 9.99. The molecule has 2 aromatic rings. The standard InChI is InChI=1S/C64H85N3O21/c1-38-16-11-10-12-17-39(2)52(80-7)36-49-18-15-30-64(75,88-49)59(70)60(71)65-31-14-13-19-50(65)61(72)85-53(41(4)34-44-20-29-51(55(35-44)81-8)86-62(73)83-47-25-21-45(22-26-47)66(76)77)37-54(87-63(74)84-48-27-23-46(24-28-48)67(78)79)40(3)33-43(6)57(69)58(82-9)56(68)42(5)32-38/h10-12,16-17,21-28,33,38,40-42,44,49-55,57-58,69,75H,13-15,18-20,29-32,34-37H2,1-9H3/b12-10?,16-11+,39-17?,43-33+/t38-,40-,41-,42-,44+,49+,50+,51-,52+,53+,54-,55-,57-,58+,64-/m1/s1. The van der Waals surface area contributed by atoms with Crippen LogP contribution in [0.25, 0.3) is 0 Å². The molecular formula is C64H85N3O21. The highest BCUT2D eigenvalue weighted by molar-refractivity contribution is 6.39. The van der Waals surface area contributed by atoms with Gasteiger partial charge in [0.2, 0.25) is 5.79 Å². The van der Waals surface area contributed by atoms with Gasteiger partial charge in [0.25, 0.3) is 23.1 Å². The van der Waals surface area contributed by atoms with Crippen LogP contribution in [0.15, 0.2) is 96.1 Å². The van der Waals surface area contributed by atoms with Crippen LogP contribution in [0.1, 0.15) is 125 Å². The van der Waals surface area contributed by atoms with Gasteiger partial charge in [-0.15, -0.1) is 0 Å². The van der Waals surface area contributed by atoms with Gasteiger partial charge in [-0.1, -0.05) is 64.2 Å². The molecule has 24 nitrogen and oxygen atoms in total. The summed E-state index contributed by atoms with van der Waals surface area (Å²) in [7, 11) is 4.32. The topological polar surface area (TPSA) is 315 Å². The molecule has 3 aliphatic heterocycles. The van der Waals surface area contributed by atoms with Gasteiger partial charge in [0, 0.05) is 83.2 Å². The lowest BCUT2D eigenvalue weighted by molar-refractivity contribution is -0.385. The summed E-state index contributed by atoms with van der Waals surface area (Å²) in [4.78, 5) is 107. The molecule has 2 N–H and O–H groups in total. The Morgan fingerprint density at radius 1 is 0.739 bits per heavy atom. The fourth-order valence-corrected chi connectivity index (χ4v) is 12.1. The Balaban J connectivity index is 1.35. The number of carbonyl (C=O) groups is 6. The molecule has 2 saturated heterocycles. The number of Topliss-reactive ketones (excluding diaryl/α,β-unsaturated/α-hetero) is 2. The van der Waals surface area contributed by atoms with E-state index in [2.05, 4.69) is 0 Å². The number of fused-ring (bicyclic) bond motifs is 3. The molecule has 3 fully saturated rings. The maximum absolute atomic E-state index is 15.0. The Hall–Kier alpha value is -7.22. The number of piperidine rings is 1. The normalized spacial score (nSPS) is 31.5. The fraction of sp³-hybridized carbons (Fsp3) is 0.594. The van der Waals surface area contributed by atoms with Crippen LogP contribution in [-0.2, 0) is 52.3 Å². The lowest BCUT2D eigenvalue weighted by Crippen LogP contribution is -2.58. The second kappa shape index (κ2) is 32.8. The number of aliphatic hydroxyl groups is 2. The highest BCUT2D eigenvalue weighted by atomic mass is 16.7. The van der Waals surface area contributed by atoms with Crippen molar-refractivity contribution in [2.75, 3.05) is 27.9 Å². The zero-order valence-corrected chi connectivity index (χ0v) is 51.6. The molecule has 88 heavy (non-hydrogen) atoms. The highest BCUT2D eigenvalue weighted by Crippen LogP contribution is 2.38. The number of methoxy groups -OCH3 is 3. The number of nitro groups is 2. The number of aliphatic hydroxyl groups excluding tert-OH is 1. The van der Waals surface area contributed by atoms with Crippen molar-refractivity contribution < 1.29 is 91.5 Å². The van der Waals surface area contributed by atoms with Crippen molar-refractivity contribution in [3.8, 4) is 11.5 Å². The van der Waals surface area contributed by atoms with Crippen LogP contribution in [0.3, 0.4) is 0 Å². The molecule has 4 aliphatic rings. The van der Waals surface area contributed by atoms with Crippen molar-refractivity contribution in [2.24, 2.45) is 29.6 Å². The van der Waals surface area contributed by atoms with Crippen molar-refractivity contribution in [2.45, 2.75) is 186 Å². The molecule has 482 valence electrons. The van der Waals surface area contributed by atoms with Gasteiger partial charge in [0.05, 0.1) is 28.2 Å². The van der Waals surface area contributed by atoms with Crippen LogP contribution in [0.2, 0.25) is 0 Å². The highest BCUT2D eigenvalue weighted by Gasteiger charge is 2.50. The number of hydrogen-bond donors (Lipinski definition) is 2. The minimum atomic E-state index is -2.51. The summed E-state index contributed by atoms with van der Waals surface area (Å²) < 4.78 is 52.6.